The highest BCUT2D eigenvalue weighted by atomic mass is 16.5. The lowest BCUT2D eigenvalue weighted by atomic mass is 10.0. The lowest BCUT2D eigenvalue weighted by Crippen LogP contribution is -2.37. The van der Waals surface area contributed by atoms with Crippen LogP contribution in [-0.4, -0.2) is 26.3 Å². The predicted molar refractivity (Wildman–Crippen MR) is 98.7 cm³/mol. The van der Waals surface area contributed by atoms with Gasteiger partial charge in [-0.2, -0.15) is 0 Å². The van der Waals surface area contributed by atoms with Gasteiger partial charge in [-0.25, -0.2) is 14.2 Å². The number of rotatable bonds is 7. The Balaban J connectivity index is 2.08. The SMILES string of the molecule is C#CCn1cc(O)n(COC(=O)C(Nc2ccc(C)cc2)C(C)C)c1=O. The molecule has 0 aliphatic heterocycles. The lowest BCUT2D eigenvalue weighted by molar-refractivity contribution is -0.149. The third kappa shape index (κ3) is 4.48. The summed E-state index contributed by atoms with van der Waals surface area (Å²) in [5.41, 5.74) is 1.37. The van der Waals surface area contributed by atoms with E-state index in [4.69, 9.17) is 11.2 Å². The van der Waals surface area contributed by atoms with Gasteiger partial charge in [0.25, 0.3) is 0 Å². The maximum Gasteiger partial charge on any atom is 0.334 e. The first-order chi connectivity index (χ1) is 12.3. The minimum atomic E-state index is -0.594. The molecule has 2 N–H and O–H groups in total. The summed E-state index contributed by atoms with van der Waals surface area (Å²) in [7, 11) is 0. The quantitative estimate of drug-likeness (QED) is 0.584. The minimum absolute atomic E-state index is 0.0247. The summed E-state index contributed by atoms with van der Waals surface area (Å²) in [5, 5.41) is 13.0. The topological polar surface area (TPSA) is 85.5 Å². The molecule has 0 aliphatic rings. The van der Waals surface area contributed by atoms with Crippen LogP contribution in [0.2, 0.25) is 0 Å². The number of nitrogens with zero attached hydrogens (tertiary/aromatic N) is 2. The number of terminal acetylenes is 1. The molecule has 0 bridgehead atoms. The van der Waals surface area contributed by atoms with E-state index in [1.54, 1.807) is 0 Å². The highest BCUT2D eigenvalue weighted by Crippen LogP contribution is 2.15. The van der Waals surface area contributed by atoms with Crippen LogP contribution in [0, 0.1) is 25.2 Å². The number of imidazole rings is 1. The number of benzene rings is 1. The molecule has 2 rings (SSSR count). The van der Waals surface area contributed by atoms with Crippen molar-refractivity contribution in [2.45, 2.75) is 40.1 Å². The Hall–Kier alpha value is -3.14. The normalized spacial score (nSPS) is 11.8. The highest BCUT2D eigenvalue weighted by Gasteiger charge is 2.24. The van der Waals surface area contributed by atoms with Crippen molar-refractivity contribution in [1.29, 1.82) is 0 Å². The molecular weight excluding hydrogens is 334 g/mol. The van der Waals surface area contributed by atoms with Gasteiger partial charge in [-0.3, -0.25) is 4.57 Å². The van der Waals surface area contributed by atoms with Crippen molar-refractivity contribution in [1.82, 2.24) is 9.13 Å². The van der Waals surface area contributed by atoms with Crippen molar-refractivity contribution < 1.29 is 14.6 Å². The number of aryl methyl sites for hydroxylation is 1. The summed E-state index contributed by atoms with van der Waals surface area (Å²) < 4.78 is 7.34. The molecule has 138 valence electrons. The van der Waals surface area contributed by atoms with Crippen molar-refractivity contribution >= 4 is 11.7 Å². The van der Waals surface area contributed by atoms with Gasteiger partial charge >= 0.3 is 11.7 Å². The van der Waals surface area contributed by atoms with E-state index in [2.05, 4.69) is 11.2 Å². The zero-order valence-electron chi connectivity index (χ0n) is 15.1. The Labute approximate surface area is 152 Å². The minimum Gasteiger partial charge on any atom is -0.493 e. The average molecular weight is 357 g/mol. The fourth-order valence-electron chi connectivity index (χ4n) is 2.40. The number of hydrogen-bond acceptors (Lipinski definition) is 5. The Morgan fingerprint density at radius 2 is 2.00 bits per heavy atom. The second kappa shape index (κ2) is 8.30. The van der Waals surface area contributed by atoms with Gasteiger partial charge in [-0.1, -0.05) is 37.5 Å². The van der Waals surface area contributed by atoms with Crippen LogP contribution in [0.3, 0.4) is 0 Å². The third-order valence-electron chi connectivity index (χ3n) is 3.92. The second-order valence-corrected chi connectivity index (χ2v) is 6.35. The van der Waals surface area contributed by atoms with Gasteiger partial charge in [-0.05, 0) is 25.0 Å². The van der Waals surface area contributed by atoms with Crippen molar-refractivity contribution in [3.05, 3.63) is 46.5 Å². The number of nitrogens with one attached hydrogen (secondary N) is 1. The molecule has 0 saturated carbocycles. The summed E-state index contributed by atoms with van der Waals surface area (Å²) >= 11 is 0. The van der Waals surface area contributed by atoms with Crippen LogP contribution in [-0.2, 0) is 22.8 Å². The summed E-state index contributed by atoms with van der Waals surface area (Å²) in [6.45, 7) is 5.39. The van der Waals surface area contributed by atoms with Gasteiger partial charge in [0.05, 0.1) is 12.7 Å². The van der Waals surface area contributed by atoms with Crippen LogP contribution in [0.25, 0.3) is 0 Å². The number of aromatic hydroxyl groups is 1. The fraction of sp³-hybridized carbons (Fsp3) is 0.368. The molecule has 2 aromatic rings. The molecule has 0 aliphatic carbocycles. The maximum absolute atomic E-state index is 12.5. The third-order valence-corrected chi connectivity index (χ3v) is 3.92. The van der Waals surface area contributed by atoms with E-state index >= 15 is 0 Å². The van der Waals surface area contributed by atoms with E-state index < -0.39 is 17.7 Å². The van der Waals surface area contributed by atoms with Crippen LogP contribution in [0.15, 0.2) is 35.3 Å². The first-order valence-electron chi connectivity index (χ1n) is 8.25. The average Bonchev–Trinajstić information content (AvgIpc) is 2.86. The molecule has 1 unspecified atom stereocenters. The van der Waals surface area contributed by atoms with Gasteiger partial charge in [0, 0.05) is 5.69 Å². The zero-order valence-corrected chi connectivity index (χ0v) is 15.1. The summed E-state index contributed by atoms with van der Waals surface area (Å²) in [6, 6.07) is 7.05. The molecule has 0 radical (unpaired) electrons. The van der Waals surface area contributed by atoms with Crippen molar-refractivity contribution in [3.8, 4) is 18.2 Å². The van der Waals surface area contributed by atoms with Gasteiger partial charge < -0.3 is 15.2 Å². The number of anilines is 1. The number of esters is 1. The summed E-state index contributed by atoms with van der Waals surface area (Å²) in [5.74, 6) is 1.44. The van der Waals surface area contributed by atoms with E-state index in [1.165, 1.54) is 6.20 Å². The molecule has 0 fully saturated rings. The van der Waals surface area contributed by atoms with Crippen LogP contribution >= 0.6 is 0 Å². The molecule has 26 heavy (non-hydrogen) atoms. The van der Waals surface area contributed by atoms with E-state index in [-0.39, 0.29) is 25.1 Å². The van der Waals surface area contributed by atoms with E-state index in [1.807, 2.05) is 45.0 Å². The van der Waals surface area contributed by atoms with Crippen LogP contribution in [0.5, 0.6) is 5.88 Å². The zero-order chi connectivity index (χ0) is 19.3. The highest BCUT2D eigenvalue weighted by molar-refractivity contribution is 5.79. The van der Waals surface area contributed by atoms with Crippen molar-refractivity contribution in [3.63, 3.8) is 0 Å². The fourth-order valence-corrected chi connectivity index (χ4v) is 2.40. The van der Waals surface area contributed by atoms with Gasteiger partial charge in [-0.15, -0.1) is 6.42 Å². The number of ether oxygens (including phenoxy) is 1. The Morgan fingerprint density at radius 1 is 1.35 bits per heavy atom. The first kappa shape index (κ1) is 19.2. The van der Waals surface area contributed by atoms with E-state index in [9.17, 15) is 14.7 Å². The molecule has 0 saturated heterocycles. The van der Waals surface area contributed by atoms with E-state index in [0.29, 0.717) is 0 Å². The Bertz CT molecular complexity index is 856. The monoisotopic (exact) mass is 357 g/mol. The smallest absolute Gasteiger partial charge is 0.334 e. The molecule has 1 atom stereocenters. The van der Waals surface area contributed by atoms with Crippen molar-refractivity contribution in [2.24, 2.45) is 5.92 Å². The molecule has 7 nitrogen and oxygen atoms in total. The van der Waals surface area contributed by atoms with E-state index in [0.717, 1.165) is 20.4 Å². The van der Waals surface area contributed by atoms with Gasteiger partial charge in [0.2, 0.25) is 5.88 Å². The summed E-state index contributed by atoms with van der Waals surface area (Å²) in [6.07, 6.45) is 6.38. The number of carbonyl (C=O) groups excluding carboxylic acids is 1. The van der Waals surface area contributed by atoms with Crippen LogP contribution < -0.4 is 11.0 Å². The predicted octanol–water partition coefficient (Wildman–Crippen LogP) is 1.93. The van der Waals surface area contributed by atoms with Gasteiger partial charge in [0.1, 0.15) is 6.04 Å². The van der Waals surface area contributed by atoms with Crippen LogP contribution in [0.1, 0.15) is 19.4 Å². The number of aromatic nitrogens is 2. The van der Waals surface area contributed by atoms with Gasteiger partial charge in [0.15, 0.2) is 6.73 Å². The Kier molecular flexibility index (Phi) is 6.12. The first-order valence-corrected chi connectivity index (χ1v) is 8.25. The number of hydrogen-bond donors (Lipinski definition) is 2. The molecule has 1 heterocycles. The molecule has 0 spiro atoms. The maximum atomic E-state index is 12.5. The molecule has 7 heteroatoms. The molecule has 1 aromatic carbocycles. The molecular formula is C19H23N3O4. The van der Waals surface area contributed by atoms with Crippen molar-refractivity contribution in [2.75, 3.05) is 5.32 Å². The largest absolute Gasteiger partial charge is 0.493 e. The Morgan fingerprint density at radius 3 is 2.58 bits per heavy atom. The van der Waals surface area contributed by atoms with Crippen LogP contribution in [0.4, 0.5) is 5.69 Å². The number of carbonyl (C=O) groups is 1. The lowest BCUT2D eigenvalue weighted by Gasteiger charge is -2.22. The second-order valence-electron chi connectivity index (χ2n) is 6.35. The molecule has 0 amide bonds. The standard InChI is InChI=1S/C19H23N3O4/c1-5-10-21-11-16(23)22(19(21)25)12-26-18(24)17(13(2)3)20-15-8-6-14(4)7-9-15/h1,6-9,11,13,17,20,23H,10,12H2,2-4H3. The molecule has 1 aromatic heterocycles. The summed E-state index contributed by atoms with van der Waals surface area (Å²) in [4.78, 5) is 24.5.